The predicted molar refractivity (Wildman–Crippen MR) is 48.9 cm³/mol. The van der Waals surface area contributed by atoms with Gasteiger partial charge >= 0.3 is 0 Å². The Labute approximate surface area is 76.8 Å². The minimum absolute atomic E-state index is 0.302. The van der Waals surface area contributed by atoms with Crippen LogP contribution < -0.4 is 0 Å². The van der Waals surface area contributed by atoms with Crippen LogP contribution in [-0.2, 0) is 9.73 Å². The molecule has 0 amide bonds. The topological polar surface area (TPSA) is 53.8 Å². The van der Waals surface area contributed by atoms with Gasteiger partial charge in [0, 0.05) is 11.9 Å². The smallest absolute Gasteiger partial charge is 0.129 e. The molecule has 0 saturated carbocycles. The molecule has 0 saturated heterocycles. The molecule has 1 atom stereocenters. The van der Waals surface area contributed by atoms with Crippen LogP contribution in [0, 0.1) is 4.78 Å². The van der Waals surface area contributed by atoms with Gasteiger partial charge in [0.25, 0.3) is 0 Å². The lowest BCUT2D eigenvalue weighted by atomic mass is 10.5. The van der Waals surface area contributed by atoms with Gasteiger partial charge in [0.2, 0.25) is 0 Å². The van der Waals surface area contributed by atoms with Crippen molar-refractivity contribution in [1.29, 1.82) is 4.78 Å². The standard InChI is InChI=1S/C7H9ClN2OS/c1-2-12(9,11)6-3-4-7(8)10-5-6/h3-5,9H,2H2,1H3. The molecule has 0 bridgehead atoms. The molecule has 3 nitrogen and oxygen atoms in total. The van der Waals surface area contributed by atoms with E-state index in [0.29, 0.717) is 15.8 Å². The van der Waals surface area contributed by atoms with Gasteiger partial charge in [0.1, 0.15) is 5.15 Å². The highest BCUT2D eigenvalue weighted by molar-refractivity contribution is 7.92. The van der Waals surface area contributed by atoms with Gasteiger partial charge in [0.15, 0.2) is 0 Å². The van der Waals surface area contributed by atoms with Crippen molar-refractivity contribution in [3.63, 3.8) is 0 Å². The highest BCUT2D eigenvalue weighted by Crippen LogP contribution is 2.12. The van der Waals surface area contributed by atoms with Crippen molar-refractivity contribution in [1.82, 2.24) is 4.98 Å². The lowest BCUT2D eigenvalue weighted by Gasteiger charge is -2.02. The molecule has 1 rings (SSSR count). The zero-order valence-corrected chi connectivity index (χ0v) is 8.15. The van der Waals surface area contributed by atoms with Crippen molar-refractivity contribution in [3.8, 4) is 0 Å². The number of rotatable bonds is 2. The number of halogens is 1. The largest absolute Gasteiger partial charge is 0.249 e. The van der Waals surface area contributed by atoms with Gasteiger partial charge in [-0.15, -0.1) is 0 Å². The highest BCUT2D eigenvalue weighted by atomic mass is 35.5. The summed E-state index contributed by atoms with van der Waals surface area (Å²) in [4.78, 5) is 4.20. The second-order valence-corrected chi connectivity index (χ2v) is 5.07. The van der Waals surface area contributed by atoms with Gasteiger partial charge in [-0.3, -0.25) is 0 Å². The lowest BCUT2D eigenvalue weighted by Crippen LogP contribution is -2.01. The zero-order valence-electron chi connectivity index (χ0n) is 6.58. The van der Waals surface area contributed by atoms with E-state index in [9.17, 15) is 4.21 Å². The molecule has 0 aliphatic rings. The first kappa shape index (κ1) is 9.48. The minimum atomic E-state index is -2.64. The molecule has 1 heterocycles. The van der Waals surface area contributed by atoms with E-state index in [1.165, 1.54) is 6.20 Å². The Hall–Kier alpha value is -0.610. The van der Waals surface area contributed by atoms with E-state index in [1.807, 2.05) is 0 Å². The molecule has 12 heavy (non-hydrogen) atoms. The molecular weight excluding hydrogens is 196 g/mol. The third kappa shape index (κ3) is 1.95. The van der Waals surface area contributed by atoms with Crippen molar-refractivity contribution >= 4 is 21.3 Å². The van der Waals surface area contributed by atoms with Crippen LogP contribution in [0.25, 0.3) is 0 Å². The molecule has 1 N–H and O–H groups in total. The molecule has 66 valence electrons. The third-order valence-corrected chi connectivity index (χ3v) is 3.53. The summed E-state index contributed by atoms with van der Waals surface area (Å²) in [5.41, 5.74) is 0. The monoisotopic (exact) mass is 204 g/mol. The van der Waals surface area contributed by atoms with Crippen molar-refractivity contribution in [2.45, 2.75) is 11.8 Å². The van der Waals surface area contributed by atoms with E-state index in [2.05, 4.69) is 4.98 Å². The lowest BCUT2D eigenvalue weighted by molar-refractivity contribution is 0.675. The van der Waals surface area contributed by atoms with E-state index in [4.69, 9.17) is 16.4 Å². The van der Waals surface area contributed by atoms with Gasteiger partial charge in [-0.05, 0) is 12.1 Å². The van der Waals surface area contributed by atoms with Crippen molar-refractivity contribution < 1.29 is 4.21 Å². The maximum Gasteiger partial charge on any atom is 0.129 e. The number of aromatic nitrogens is 1. The van der Waals surface area contributed by atoms with Crippen LogP contribution in [0.5, 0.6) is 0 Å². The second kappa shape index (κ2) is 3.41. The summed E-state index contributed by atoms with van der Waals surface area (Å²) in [6.07, 6.45) is 1.39. The van der Waals surface area contributed by atoms with Gasteiger partial charge in [-0.2, -0.15) is 0 Å². The average Bonchev–Trinajstić information content (AvgIpc) is 2.05. The number of hydrogen-bond acceptors (Lipinski definition) is 3. The molecule has 5 heteroatoms. The fraction of sp³-hybridized carbons (Fsp3) is 0.286. The Kier molecular flexibility index (Phi) is 2.69. The molecule has 0 radical (unpaired) electrons. The quantitative estimate of drug-likeness (QED) is 0.751. The molecule has 0 aromatic carbocycles. The van der Waals surface area contributed by atoms with Crippen LogP contribution in [0.3, 0.4) is 0 Å². The summed E-state index contributed by atoms with van der Waals surface area (Å²) in [6.45, 7) is 1.71. The fourth-order valence-corrected chi connectivity index (χ4v) is 1.68. The predicted octanol–water partition coefficient (Wildman–Crippen LogP) is 2.16. The van der Waals surface area contributed by atoms with Crippen molar-refractivity contribution in [2.75, 3.05) is 5.75 Å². The van der Waals surface area contributed by atoms with E-state index in [0.717, 1.165) is 0 Å². The van der Waals surface area contributed by atoms with Crippen LogP contribution in [0.15, 0.2) is 23.2 Å². The summed E-state index contributed by atoms with van der Waals surface area (Å²) < 4.78 is 18.9. The Morgan fingerprint density at radius 2 is 2.33 bits per heavy atom. The van der Waals surface area contributed by atoms with Crippen LogP contribution in [0.4, 0.5) is 0 Å². The maximum absolute atomic E-state index is 11.5. The van der Waals surface area contributed by atoms with Crippen LogP contribution >= 0.6 is 11.6 Å². The summed E-state index contributed by atoms with van der Waals surface area (Å²) in [6, 6.07) is 3.12. The van der Waals surface area contributed by atoms with E-state index < -0.39 is 9.73 Å². The number of nitrogens with zero attached hydrogens (tertiary/aromatic N) is 1. The number of hydrogen-bond donors (Lipinski definition) is 1. The molecule has 1 aromatic rings. The first-order valence-electron chi connectivity index (χ1n) is 3.44. The Morgan fingerprint density at radius 3 is 2.75 bits per heavy atom. The van der Waals surface area contributed by atoms with Gasteiger partial charge in [-0.25, -0.2) is 14.0 Å². The summed E-state index contributed by atoms with van der Waals surface area (Å²) in [5.74, 6) is 0.302. The first-order valence-corrected chi connectivity index (χ1v) is 5.55. The normalized spacial score (nSPS) is 15.5. The average molecular weight is 205 g/mol. The molecule has 1 unspecified atom stereocenters. The summed E-state index contributed by atoms with van der Waals surface area (Å²) in [5, 5.41) is 0.352. The van der Waals surface area contributed by atoms with Gasteiger partial charge in [0.05, 0.1) is 14.6 Å². The van der Waals surface area contributed by atoms with Crippen LogP contribution in [0.2, 0.25) is 5.15 Å². The number of nitrogens with one attached hydrogen (secondary N) is 1. The molecule has 0 spiro atoms. The number of pyridine rings is 1. The SMILES string of the molecule is CCS(=N)(=O)c1ccc(Cl)nc1. The molecule has 0 aliphatic heterocycles. The van der Waals surface area contributed by atoms with Crippen LogP contribution in [0.1, 0.15) is 6.92 Å². The Balaban J connectivity index is 3.14. The zero-order chi connectivity index (χ0) is 9.19. The second-order valence-electron chi connectivity index (χ2n) is 2.28. The molecule has 0 aliphatic carbocycles. The van der Waals surface area contributed by atoms with Crippen molar-refractivity contribution in [3.05, 3.63) is 23.5 Å². The van der Waals surface area contributed by atoms with Gasteiger partial charge in [-0.1, -0.05) is 18.5 Å². The highest BCUT2D eigenvalue weighted by Gasteiger charge is 2.06. The molecule has 1 aromatic heterocycles. The minimum Gasteiger partial charge on any atom is -0.249 e. The molecular formula is C7H9ClN2OS. The summed E-state index contributed by atoms with van der Waals surface area (Å²) >= 11 is 5.54. The Bertz CT molecular complexity index is 357. The van der Waals surface area contributed by atoms with Crippen molar-refractivity contribution in [2.24, 2.45) is 0 Å². The third-order valence-electron chi connectivity index (χ3n) is 1.49. The van der Waals surface area contributed by atoms with E-state index in [1.54, 1.807) is 19.1 Å². The van der Waals surface area contributed by atoms with Gasteiger partial charge < -0.3 is 0 Å². The van der Waals surface area contributed by atoms with Crippen LogP contribution in [-0.4, -0.2) is 14.9 Å². The summed E-state index contributed by atoms with van der Waals surface area (Å²) in [7, 11) is -2.64. The fourth-order valence-electron chi connectivity index (χ4n) is 0.724. The Morgan fingerprint density at radius 1 is 1.67 bits per heavy atom. The van der Waals surface area contributed by atoms with E-state index >= 15 is 0 Å². The molecule has 0 fully saturated rings. The van der Waals surface area contributed by atoms with E-state index in [-0.39, 0.29) is 0 Å². The first-order chi connectivity index (χ1) is 5.56. The maximum atomic E-state index is 11.5.